The van der Waals surface area contributed by atoms with E-state index in [4.69, 9.17) is 21.1 Å². The molecule has 1 aliphatic heterocycles. The summed E-state index contributed by atoms with van der Waals surface area (Å²) in [5.41, 5.74) is 2.28. The SMILES string of the molecule is Clc1cc(CCNc2ncnc3nccnc23)cc2c1OCCO2. The molecule has 3 heterocycles. The third-order valence-electron chi connectivity index (χ3n) is 3.63. The first-order valence-corrected chi connectivity index (χ1v) is 7.92. The number of nitrogens with zero attached hydrogens (tertiary/aromatic N) is 4. The summed E-state index contributed by atoms with van der Waals surface area (Å²) in [5, 5.41) is 3.84. The number of ether oxygens (including phenoxy) is 2. The largest absolute Gasteiger partial charge is 0.486 e. The number of nitrogens with one attached hydrogen (secondary N) is 1. The highest BCUT2D eigenvalue weighted by atomic mass is 35.5. The van der Waals surface area contributed by atoms with E-state index in [1.807, 2.05) is 12.1 Å². The highest BCUT2D eigenvalue weighted by molar-refractivity contribution is 6.32. The fourth-order valence-corrected chi connectivity index (χ4v) is 2.85. The molecule has 1 aliphatic rings. The van der Waals surface area contributed by atoms with Crippen LogP contribution in [0.25, 0.3) is 11.2 Å². The molecule has 0 radical (unpaired) electrons. The van der Waals surface area contributed by atoms with Crippen molar-refractivity contribution in [3.8, 4) is 11.5 Å². The minimum absolute atomic E-state index is 0.523. The number of fused-ring (bicyclic) bond motifs is 2. The third-order valence-corrected chi connectivity index (χ3v) is 3.91. The Morgan fingerprint density at radius 3 is 2.88 bits per heavy atom. The first kappa shape index (κ1) is 14.9. The van der Waals surface area contributed by atoms with Gasteiger partial charge in [-0.2, -0.15) is 0 Å². The molecular weight excluding hydrogens is 330 g/mol. The van der Waals surface area contributed by atoms with Crippen LogP contribution >= 0.6 is 11.6 Å². The average Bonchev–Trinajstić information content (AvgIpc) is 2.62. The van der Waals surface area contributed by atoms with Crippen molar-refractivity contribution in [1.29, 1.82) is 0 Å². The smallest absolute Gasteiger partial charge is 0.183 e. The van der Waals surface area contributed by atoms with Crippen molar-refractivity contribution in [3.05, 3.63) is 41.4 Å². The molecule has 3 aromatic rings. The summed E-state index contributed by atoms with van der Waals surface area (Å²) in [6, 6.07) is 3.86. The lowest BCUT2D eigenvalue weighted by Crippen LogP contribution is -2.16. The van der Waals surface area contributed by atoms with Crippen LogP contribution in [0.5, 0.6) is 11.5 Å². The molecule has 0 spiro atoms. The molecule has 0 saturated heterocycles. The van der Waals surface area contributed by atoms with Crippen molar-refractivity contribution in [1.82, 2.24) is 19.9 Å². The molecule has 0 saturated carbocycles. The summed E-state index contributed by atoms with van der Waals surface area (Å²) < 4.78 is 11.1. The van der Waals surface area contributed by atoms with Crippen molar-refractivity contribution in [3.63, 3.8) is 0 Å². The molecule has 122 valence electrons. The number of hydrogen-bond donors (Lipinski definition) is 1. The predicted octanol–water partition coefficient (Wildman–Crippen LogP) is 2.50. The molecule has 8 heteroatoms. The van der Waals surface area contributed by atoms with E-state index >= 15 is 0 Å². The molecular formula is C16H14ClN5O2. The Hall–Kier alpha value is -2.67. The molecule has 0 unspecified atom stereocenters. The Morgan fingerprint density at radius 2 is 1.92 bits per heavy atom. The van der Waals surface area contributed by atoms with Crippen molar-refractivity contribution < 1.29 is 9.47 Å². The second kappa shape index (κ2) is 6.45. The average molecular weight is 344 g/mol. The second-order valence-corrected chi connectivity index (χ2v) is 5.64. The molecule has 0 aliphatic carbocycles. The molecule has 0 atom stereocenters. The van der Waals surface area contributed by atoms with Gasteiger partial charge >= 0.3 is 0 Å². The minimum Gasteiger partial charge on any atom is -0.486 e. The zero-order chi connectivity index (χ0) is 16.4. The number of benzene rings is 1. The van der Waals surface area contributed by atoms with Crippen LogP contribution in [0.1, 0.15) is 5.56 Å². The summed E-state index contributed by atoms with van der Waals surface area (Å²) in [7, 11) is 0. The normalized spacial score (nSPS) is 13.0. The van der Waals surface area contributed by atoms with Gasteiger partial charge < -0.3 is 14.8 Å². The van der Waals surface area contributed by atoms with E-state index in [0.717, 1.165) is 12.0 Å². The van der Waals surface area contributed by atoms with Gasteiger partial charge in [0.15, 0.2) is 23.0 Å². The van der Waals surface area contributed by atoms with Crippen molar-refractivity contribution in [2.75, 3.05) is 25.1 Å². The maximum absolute atomic E-state index is 6.26. The zero-order valence-corrected chi connectivity index (χ0v) is 13.5. The van der Waals surface area contributed by atoms with Crippen LogP contribution in [0.15, 0.2) is 30.9 Å². The molecule has 2 aromatic heterocycles. The summed E-state index contributed by atoms with van der Waals surface area (Å²) in [6.07, 6.45) is 5.45. The van der Waals surface area contributed by atoms with Crippen LogP contribution < -0.4 is 14.8 Å². The van der Waals surface area contributed by atoms with Gasteiger partial charge in [-0.1, -0.05) is 11.6 Å². The summed E-state index contributed by atoms with van der Waals surface area (Å²) in [5.74, 6) is 1.98. The van der Waals surface area contributed by atoms with Crippen molar-refractivity contribution in [2.24, 2.45) is 0 Å². The van der Waals surface area contributed by atoms with Gasteiger partial charge in [-0.25, -0.2) is 19.9 Å². The van der Waals surface area contributed by atoms with E-state index in [1.54, 1.807) is 12.4 Å². The van der Waals surface area contributed by atoms with Crippen LogP contribution in [0, 0.1) is 0 Å². The first-order chi connectivity index (χ1) is 11.8. The Labute approximate surface area is 143 Å². The number of hydrogen-bond acceptors (Lipinski definition) is 7. The van der Waals surface area contributed by atoms with Crippen LogP contribution in [-0.2, 0) is 6.42 Å². The van der Waals surface area contributed by atoms with Gasteiger partial charge in [-0.15, -0.1) is 0 Å². The standard InChI is InChI=1S/C16H14ClN5O2/c17-11-7-10(8-12-14(11)24-6-5-23-12)1-2-19-15-13-16(22-9-21-15)20-4-3-18-13/h3-4,7-9H,1-2,5-6H2,(H,19,20,21,22). The van der Waals surface area contributed by atoms with Crippen LogP contribution in [0.2, 0.25) is 5.02 Å². The van der Waals surface area contributed by atoms with E-state index in [0.29, 0.717) is 53.3 Å². The van der Waals surface area contributed by atoms with Gasteiger partial charge in [0.2, 0.25) is 0 Å². The Kier molecular flexibility index (Phi) is 4.00. The maximum Gasteiger partial charge on any atom is 0.183 e. The first-order valence-electron chi connectivity index (χ1n) is 7.55. The molecule has 0 fully saturated rings. The van der Waals surface area contributed by atoms with Gasteiger partial charge in [0.05, 0.1) is 5.02 Å². The predicted molar refractivity (Wildman–Crippen MR) is 89.8 cm³/mol. The quantitative estimate of drug-likeness (QED) is 0.779. The Bertz CT molecular complexity index is 884. The Balaban J connectivity index is 1.48. The van der Waals surface area contributed by atoms with Crippen molar-refractivity contribution in [2.45, 2.75) is 6.42 Å². The monoisotopic (exact) mass is 343 g/mol. The second-order valence-electron chi connectivity index (χ2n) is 5.23. The minimum atomic E-state index is 0.523. The topological polar surface area (TPSA) is 82.1 Å². The van der Waals surface area contributed by atoms with E-state index < -0.39 is 0 Å². The van der Waals surface area contributed by atoms with Gasteiger partial charge in [-0.3, -0.25) is 0 Å². The number of rotatable bonds is 4. The molecule has 24 heavy (non-hydrogen) atoms. The van der Waals surface area contributed by atoms with E-state index in [-0.39, 0.29) is 0 Å². The lowest BCUT2D eigenvalue weighted by molar-refractivity contribution is 0.171. The fourth-order valence-electron chi connectivity index (χ4n) is 2.56. The van der Waals surface area contributed by atoms with Gasteiger partial charge in [0, 0.05) is 18.9 Å². The van der Waals surface area contributed by atoms with Gasteiger partial charge in [-0.05, 0) is 24.1 Å². The summed E-state index contributed by atoms with van der Waals surface area (Å²) in [6.45, 7) is 1.73. The Morgan fingerprint density at radius 1 is 1.04 bits per heavy atom. The third kappa shape index (κ3) is 2.90. The van der Waals surface area contributed by atoms with Crippen LogP contribution in [0.4, 0.5) is 5.82 Å². The van der Waals surface area contributed by atoms with E-state index in [2.05, 4.69) is 25.3 Å². The molecule has 1 N–H and O–H groups in total. The van der Waals surface area contributed by atoms with Crippen molar-refractivity contribution >= 4 is 28.6 Å². The lowest BCUT2D eigenvalue weighted by Gasteiger charge is -2.20. The molecule has 7 nitrogen and oxygen atoms in total. The number of aromatic nitrogens is 4. The highest BCUT2D eigenvalue weighted by Gasteiger charge is 2.16. The number of anilines is 1. The number of halogens is 1. The maximum atomic E-state index is 6.26. The highest BCUT2D eigenvalue weighted by Crippen LogP contribution is 2.38. The summed E-state index contributed by atoms with van der Waals surface area (Å²) >= 11 is 6.26. The van der Waals surface area contributed by atoms with E-state index in [9.17, 15) is 0 Å². The summed E-state index contributed by atoms with van der Waals surface area (Å²) in [4.78, 5) is 16.8. The van der Waals surface area contributed by atoms with Gasteiger partial charge in [0.25, 0.3) is 0 Å². The zero-order valence-electron chi connectivity index (χ0n) is 12.7. The van der Waals surface area contributed by atoms with Crippen LogP contribution in [0.3, 0.4) is 0 Å². The fraction of sp³-hybridized carbons (Fsp3) is 0.250. The molecule has 1 aromatic carbocycles. The lowest BCUT2D eigenvalue weighted by atomic mass is 10.1. The molecule has 0 bridgehead atoms. The van der Waals surface area contributed by atoms with E-state index in [1.165, 1.54) is 6.33 Å². The van der Waals surface area contributed by atoms with Crippen LogP contribution in [-0.4, -0.2) is 39.7 Å². The molecule has 4 rings (SSSR count). The van der Waals surface area contributed by atoms with Gasteiger partial charge in [0.1, 0.15) is 25.1 Å². The molecule has 0 amide bonds.